The van der Waals surface area contributed by atoms with Crippen molar-refractivity contribution < 1.29 is 9.18 Å². The highest BCUT2D eigenvalue weighted by Gasteiger charge is 2.37. The zero-order chi connectivity index (χ0) is 20.5. The molecule has 152 valence electrons. The predicted octanol–water partition coefficient (Wildman–Crippen LogP) is 3.87. The monoisotopic (exact) mass is 386 g/mol. The molecule has 0 saturated heterocycles. The molecule has 0 spiro atoms. The summed E-state index contributed by atoms with van der Waals surface area (Å²) in [4.78, 5) is 15.3. The van der Waals surface area contributed by atoms with E-state index in [1.165, 1.54) is 25.0 Å². The summed E-state index contributed by atoms with van der Waals surface area (Å²) < 4.78 is 14.9. The topological polar surface area (TPSA) is 50.2 Å². The summed E-state index contributed by atoms with van der Waals surface area (Å²) in [6, 6.07) is 6.13. The maximum absolute atomic E-state index is 13.2. The lowest BCUT2D eigenvalue weighted by Crippen LogP contribution is -2.55. The van der Waals surface area contributed by atoms with Crippen LogP contribution in [0.15, 0.2) is 24.3 Å². The normalized spacial score (nSPS) is 22.5. The van der Waals surface area contributed by atoms with E-state index in [2.05, 4.69) is 36.3 Å². The lowest BCUT2D eigenvalue weighted by atomic mass is 9.75. The maximum atomic E-state index is 13.2. The third-order valence-corrected chi connectivity index (χ3v) is 6.18. The fraction of sp³-hybridized carbons (Fsp3) is 0.545. The molecule has 5 nitrogen and oxygen atoms in total. The Labute approximate surface area is 166 Å². The van der Waals surface area contributed by atoms with E-state index < -0.39 is 0 Å². The lowest BCUT2D eigenvalue weighted by Gasteiger charge is -2.45. The van der Waals surface area contributed by atoms with E-state index >= 15 is 0 Å². The predicted molar refractivity (Wildman–Crippen MR) is 109 cm³/mol. The highest BCUT2D eigenvalue weighted by atomic mass is 19.1. The minimum Gasteiger partial charge on any atom is -0.350 e. The summed E-state index contributed by atoms with van der Waals surface area (Å²) in [6.45, 7) is 6.64. The highest BCUT2D eigenvalue weighted by molar-refractivity contribution is 5.96. The number of amides is 1. The first-order valence-corrected chi connectivity index (χ1v) is 10.0. The third kappa shape index (κ3) is 3.97. The summed E-state index contributed by atoms with van der Waals surface area (Å²) in [5, 5.41) is 7.69. The average molecular weight is 387 g/mol. The van der Waals surface area contributed by atoms with Gasteiger partial charge in [0, 0.05) is 12.1 Å². The quantitative estimate of drug-likeness (QED) is 0.849. The molecule has 0 radical (unpaired) electrons. The summed E-state index contributed by atoms with van der Waals surface area (Å²) >= 11 is 0. The van der Waals surface area contributed by atoms with Crippen molar-refractivity contribution in [3.63, 3.8) is 0 Å². The summed E-state index contributed by atoms with van der Waals surface area (Å²) in [5.74, 6) is 0.277. The zero-order valence-electron chi connectivity index (χ0n) is 17.6. The number of aryl methyl sites for hydroxylation is 1. The molecule has 1 N–H and O–H groups in total. The SMILES string of the molecule is Cc1nn(-c2ccc(F)cc2)c(C)c1C(=O)NC[C@]1(N(C)C)CCC[C@@H](C)C1. The van der Waals surface area contributed by atoms with Crippen molar-refractivity contribution in [1.82, 2.24) is 20.0 Å². The van der Waals surface area contributed by atoms with Crippen LogP contribution in [0.4, 0.5) is 4.39 Å². The molecule has 0 aliphatic heterocycles. The number of carbonyl (C=O) groups is 1. The summed E-state index contributed by atoms with van der Waals surface area (Å²) in [6.07, 6.45) is 4.63. The second kappa shape index (κ2) is 8.03. The molecule has 2 atom stereocenters. The molecule has 6 heteroatoms. The molecule has 1 saturated carbocycles. The second-order valence-electron chi connectivity index (χ2n) is 8.44. The lowest BCUT2D eigenvalue weighted by molar-refractivity contribution is 0.0674. The van der Waals surface area contributed by atoms with Crippen molar-refractivity contribution in [2.24, 2.45) is 5.92 Å². The van der Waals surface area contributed by atoms with Crippen molar-refractivity contribution in [2.45, 2.75) is 52.0 Å². The van der Waals surface area contributed by atoms with E-state index in [4.69, 9.17) is 0 Å². The minimum absolute atomic E-state index is 0.00207. The van der Waals surface area contributed by atoms with Gasteiger partial charge in [0.1, 0.15) is 5.82 Å². The van der Waals surface area contributed by atoms with E-state index in [1.807, 2.05) is 13.8 Å². The van der Waals surface area contributed by atoms with Crippen LogP contribution in [0.3, 0.4) is 0 Å². The van der Waals surface area contributed by atoms with Crippen molar-refractivity contribution in [3.05, 3.63) is 47.0 Å². The first kappa shape index (κ1) is 20.5. The highest BCUT2D eigenvalue weighted by Crippen LogP contribution is 2.35. The third-order valence-electron chi connectivity index (χ3n) is 6.18. The fourth-order valence-corrected chi connectivity index (χ4v) is 4.50. The van der Waals surface area contributed by atoms with Gasteiger partial charge < -0.3 is 10.2 Å². The first-order chi connectivity index (χ1) is 13.2. The van der Waals surface area contributed by atoms with Gasteiger partial charge in [-0.25, -0.2) is 9.07 Å². The van der Waals surface area contributed by atoms with Gasteiger partial charge in [-0.3, -0.25) is 4.79 Å². The van der Waals surface area contributed by atoms with Crippen LogP contribution in [0.2, 0.25) is 0 Å². The van der Waals surface area contributed by atoms with E-state index in [-0.39, 0.29) is 17.3 Å². The van der Waals surface area contributed by atoms with Gasteiger partial charge in [-0.05, 0) is 71.0 Å². The van der Waals surface area contributed by atoms with Crippen molar-refractivity contribution in [3.8, 4) is 5.69 Å². The molecular formula is C22H31FN4O. The molecule has 1 aliphatic rings. The number of halogens is 1. The molecule has 2 aromatic rings. The standard InChI is InChI=1S/C22H31FN4O/c1-15-7-6-12-22(13-15,26(4)5)14-24-21(28)20-16(2)25-27(17(20)3)19-10-8-18(23)9-11-19/h8-11,15H,6-7,12-14H2,1-5H3,(H,24,28)/t15-,22+/m1/s1. The van der Waals surface area contributed by atoms with Crippen LogP contribution in [-0.2, 0) is 0 Å². The number of nitrogens with zero attached hydrogens (tertiary/aromatic N) is 3. The number of nitrogens with one attached hydrogen (secondary N) is 1. The van der Waals surface area contributed by atoms with Gasteiger partial charge in [-0.1, -0.05) is 19.8 Å². The smallest absolute Gasteiger partial charge is 0.255 e. The number of aromatic nitrogens is 2. The van der Waals surface area contributed by atoms with Crippen LogP contribution in [0, 0.1) is 25.6 Å². The molecule has 28 heavy (non-hydrogen) atoms. The van der Waals surface area contributed by atoms with Gasteiger partial charge in [-0.15, -0.1) is 0 Å². The molecule has 1 amide bonds. The van der Waals surface area contributed by atoms with Crippen molar-refractivity contribution >= 4 is 5.91 Å². The van der Waals surface area contributed by atoms with Crippen LogP contribution < -0.4 is 5.32 Å². The fourth-order valence-electron chi connectivity index (χ4n) is 4.50. The van der Waals surface area contributed by atoms with Crippen LogP contribution in [-0.4, -0.2) is 46.8 Å². The molecular weight excluding hydrogens is 355 g/mol. The van der Waals surface area contributed by atoms with E-state index in [1.54, 1.807) is 16.8 Å². The Hall–Kier alpha value is -2.21. The van der Waals surface area contributed by atoms with Crippen LogP contribution in [0.25, 0.3) is 5.69 Å². The van der Waals surface area contributed by atoms with E-state index in [0.717, 1.165) is 24.2 Å². The maximum Gasteiger partial charge on any atom is 0.255 e. The molecule has 0 bridgehead atoms. The number of hydrogen-bond donors (Lipinski definition) is 1. The Bertz CT molecular complexity index is 843. The second-order valence-corrected chi connectivity index (χ2v) is 8.44. The van der Waals surface area contributed by atoms with Gasteiger partial charge in [0.2, 0.25) is 0 Å². The molecule has 1 heterocycles. The molecule has 3 rings (SSSR count). The first-order valence-electron chi connectivity index (χ1n) is 10.0. The summed E-state index contributed by atoms with van der Waals surface area (Å²) in [5.41, 5.74) is 2.78. The molecule has 1 fully saturated rings. The average Bonchev–Trinajstić information content (AvgIpc) is 2.94. The summed E-state index contributed by atoms with van der Waals surface area (Å²) in [7, 11) is 4.21. The number of hydrogen-bond acceptors (Lipinski definition) is 3. The molecule has 1 aromatic heterocycles. The van der Waals surface area contributed by atoms with Crippen LogP contribution >= 0.6 is 0 Å². The number of rotatable bonds is 5. The number of benzene rings is 1. The Morgan fingerprint density at radius 3 is 2.61 bits per heavy atom. The molecule has 0 unspecified atom stereocenters. The molecule has 1 aliphatic carbocycles. The Morgan fingerprint density at radius 1 is 1.32 bits per heavy atom. The van der Waals surface area contributed by atoms with Gasteiger partial charge >= 0.3 is 0 Å². The Morgan fingerprint density at radius 2 is 2.00 bits per heavy atom. The minimum atomic E-state index is -0.293. The van der Waals surface area contributed by atoms with Gasteiger partial charge in [0.25, 0.3) is 5.91 Å². The van der Waals surface area contributed by atoms with Crippen molar-refractivity contribution in [2.75, 3.05) is 20.6 Å². The van der Waals surface area contributed by atoms with E-state index in [9.17, 15) is 9.18 Å². The molecule has 1 aromatic carbocycles. The van der Waals surface area contributed by atoms with Gasteiger partial charge in [0.15, 0.2) is 0 Å². The largest absolute Gasteiger partial charge is 0.350 e. The van der Waals surface area contributed by atoms with Gasteiger partial charge in [0.05, 0.1) is 22.6 Å². The Kier molecular flexibility index (Phi) is 5.89. The van der Waals surface area contributed by atoms with E-state index in [0.29, 0.717) is 23.7 Å². The van der Waals surface area contributed by atoms with Crippen LogP contribution in [0.1, 0.15) is 54.4 Å². The zero-order valence-corrected chi connectivity index (χ0v) is 17.6. The van der Waals surface area contributed by atoms with Crippen molar-refractivity contribution in [1.29, 1.82) is 0 Å². The number of likely N-dealkylation sites (N-methyl/N-ethyl adjacent to an activating group) is 1. The van der Waals surface area contributed by atoms with Crippen LogP contribution in [0.5, 0.6) is 0 Å². The van der Waals surface area contributed by atoms with Gasteiger partial charge in [-0.2, -0.15) is 5.10 Å². The number of carbonyl (C=O) groups excluding carboxylic acids is 1. The Balaban J connectivity index is 1.80.